The Bertz CT molecular complexity index is 1130. The smallest absolute Gasteiger partial charge is 0.324 e. The average molecular weight is 438 g/mol. The van der Waals surface area contributed by atoms with Gasteiger partial charge in [-0.15, -0.1) is 0 Å². The molecule has 1 saturated heterocycles. The first-order valence-corrected chi connectivity index (χ1v) is 10.1. The van der Waals surface area contributed by atoms with Gasteiger partial charge in [-0.3, -0.25) is 14.5 Å². The molecular weight excluding hydrogens is 418 g/mol. The Morgan fingerprint density at radius 3 is 2.61 bits per heavy atom. The Morgan fingerprint density at radius 1 is 1.19 bits per heavy atom. The Hall–Kier alpha value is -3.65. The van der Waals surface area contributed by atoms with Gasteiger partial charge in [0, 0.05) is 18.1 Å². The van der Waals surface area contributed by atoms with Crippen molar-refractivity contribution in [2.24, 2.45) is 0 Å². The SMILES string of the molecule is CCC1(c2ccccc2)NC(=O)N(CC(=O)Nc2ccc(-n3ccnc3)c(Cl)c2)C1=O. The molecule has 1 unspecified atom stereocenters. The molecule has 4 rings (SSSR count). The van der Waals surface area contributed by atoms with Crippen LogP contribution in [-0.2, 0) is 15.1 Å². The van der Waals surface area contributed by atoms with Crippen molar-refractivity contribution in [2.75, 3.05) is 11.9 Å². The summed E-state index contributed by atoms with van der Waals surface area (Å²) < 4.78 is 1.75. The minimum absolute atomic E-state index is 0.366. The van der Waals surface area contributed by atoms with E-state index < -0.39 is 29.9 Å². The molecule has 158 valence electrons. The van der Waals surface area contributed by atoms with Crippen molar-refractivity contribution in [1.82, 2.24) is 19.8 Å². The molecular formula is C22H20ClN5O3. The largest absolute Gasteiger partial charge is 0.325 e. The highest BCUT2D eigenvalue weighted by Crippen LogP contribution is 2.32. The quantitative estimate of drug-likeness (QED) is 0.578. The van der Waals surface area contributed by atoms with Gasteiger partial charge in [0.25, 0.3) is 5.91 Å². The zero-order valence-corrected chi connectivity index (χ0v) is 17.5. The first-order valence-electron chi connectivity index (χ1n) is 9.72. The number of hydrogen-bond donors (Lipinski definition) is 2. The van der Waals surface area contributed by atoms with Crippen molar-refractivity contribution >= 4 is 35.1 Å². The second kappa shape index (κ2) is 8.23. The first-order chi connectivity index (χ1) is 14.9. The van der Waals surface area contributed by atoms with E-state index >= 15 is 0 Å². The summed E-state index contributed by atoms with van der Waals surface area (Å²) in [4.78, 5) is 43.2. The van der Waals surface area contributed by atoms with E-state index in [2.05, 4.69) is 15.6 Å². The third-order valence-corrected chi connectivity index (χ3v) is 5.59. The summed E-state index contributed by atoms with van der Waals surface area (Å²) in [6, 6.07) is 13.4. The normalized spacial score (nSPS) is 18.2. The second-order valence-corrected chi connectivity index (χ2v) is 7.54. The van der Waals surface area contributed by atoms with E-state index in [-0.39, 0.29) is 0 Å². The number of carbonyl (C=O) groups excluding carboxylic acids is 3. The van der Waals surface area contributed by atoms with Crippen LogP contribution >= 0.6 is 11.6 Å². The van der Waals surface area contributed by atoms with Crippen LogP contribution in [0.4, 0.5) is 10.5 Å². The number of imide groups is 1. The summed E-state index contributed by atoms with van der Waals surface area (Å²) in [5.74, 6) is -0.954. The van der Waals surface area contributed by atoms with Crippen LogP contribution < -0.4 is 10.6 Å². The van der Waals surface area contributed by atoms with E-state index in [9.17, 15) is 14.4 Å². The van der Waals surface area contributed by atoms with Gasteiger partial charge in [-0.1, -0.05) is 48.9 Å². The lowest BCUT2D eigenvalue weighted by molar-refractivity contribution is -0.134. The summed E-state index contributed by atoms with van der Waals surface area (Å²) in [6.45, 7) is 1.42. The van der Waals surface area contributed by atoms with Gasteiger partial charge in [0.15, 0.2) is 0 Å². The van der Waals surface area contributed by atoms with Crippen LogP contribution in [0.15, 0.2) is 67.3 Å². The number of nitrogens with one attached hydrogen (secondary N) is 2. The molecule has 1 aliphatic heterocycles. The number of rotatable bonds is 6. The molecule has 2 aromatic carbocycles. The zero-order valence-electron chi connectivity index (χ0n) is 16.7. The number of aromatic nitrogens is 2. The lowest BCUT2D eigenvalue weighted by atomic mass is 9.87. The molecule has 8 nitrogen and oxygen atoms in total. The average Bonchev–Trinajstić information content (AvgIpc) is 3.38. The van der Waals surface area contributed by atoms with Gasteiger partial charge in [-0.25, -0.2) is 9.78 Å². The number of anilines is 1. The van der Waals surface area contributed by atoms with E-state index in [0.29, 0.717) is 28.4 Å². The molecule has 0 spiro atoms. The van der Waals surface area contributed by atoms with Crippen molar-refractivity contribution in [3.63, 3.8) is 0 Å². The Labute approximate surface area is 183 Å². The fraction of sp³-hybridized carbons (Fsp3) is 0.182. The standard InChI is InChI=1S/C22H20ClN5O3/c1-2-22(15-6-4-3-5-7-15)20(30)28(21(31)26-22)13-19(29)25-16-8-9-18(17(23)12-16)27-11-10-24-14-27/h3-12,14H,2,13H2,1H3,(H,25,29)(H,26,31). The molecule has 3 aromatic rings. The number of imidazole rings is 1. The van der Waals surface area contributed by atoms with Crippen LogP contribution in [0.25, 0.3) is 5.69 Å². The van der Waals surface area contributed by atoms with E-state index in [1.54, 1.807) is 65.8 Å². The van der Waals surface area contributed by atoms with Crippen LogP contribution in [0, 0.1) is 0 Å². The predicted molar refractivity (Wildman–Crippen MR) is 116 cm³/mol. The maximum absolute atomic E-state index is 13.1. The number of carbonyl (C=O) groups is 3. The van der Waals surface area contributed by atoms with Crippen molar-refractivity contribution in [3.8, 4) is 5.69 Å². The Kier molecular flexibility index (Phi) is 5.48. The molecule has 4 amide bonds. The molecule has 2 heterocycles. The summed E-state index contributed by atoms with van der Waals surface area (Å²) in [5, 5.41) is 5.87. The highest BCUT2D eigenvalue weighted by atomic mass is 35.5. The van der Waals surface area contributed by atoms with E-state index in [0.717, 1.165) is 4.90 Å². The minimum atomic E-state index is -1.17. The maximum Gasteiger partial charge on any atom is 0.325 e. The highest BCUT2D eigenvalue weighted by Gasteiger charge is 2.51. The fourth-order valence-electron chi connectivity index (χ4n) is 3.67. The van der Waals surface area contributed by atoms with Crippen LogP contribution in [0.2, 0.25) is 5.02 Å². The monoisotopic (exact) mass is 437 g/mol. The van der Waals surface area contributed by atoms with E-state index in [1.165, 1.54) is 0 Å². The molecule has 2 N–H and O–H groups in total. The summed E-state index contributed by atoms with van der Waals surface area (Å²) in [5.41, 5.74) is 0.673. The number of urea groups is 1. The third-order valence-electron chi connectivity index (χ3n) is 5.29. The number of hydrogen-bond acceptors (Lipinski definition) is 4. The van der Waals surface area contributed by atoms with Crippen LogP contribution in [0.3, 0.4) is 0 Å². The third kappa shape index (κ3) is 3.77. The zero-order chi connectivity index (χ0) is 22.0. The van der Waals surface area contributed by atoms with Crippen LogP contribution in [-0.4, -0.2) is 38.8 Å². The minimum Gasteiger partial charge on any atom is -0.324 e. The Balaban J connectivity index is 1.48. The second-order valence-electron chi connectivity index (χ2n) is 7.13. The van der Waals surface area contributed by atoms with Crippen LogP contribution in [0.1, 0.15) is 18.9 Å². The van der Waals surface area contributed by atoms with Crippen molar-refractivity contribution in [3.05, 3.63) is 77.8 Å². The molecule has 0 bridgehead atoms. The topological polar surface area (TPSA) is 96.3 Å². The highest BCUT2D eigenvalue weighted by molar-refractivity contribution is 6.32. The number of halogens is 1. The molecule has 9 heteroatoms. The molecule has 1 aromatic heterocycles. The van der Waals surface area contributed by atoms with Gasteiger partial charge in [-0.2, -0.15) is 0 Å². The molecule has 0 saturated carbocycles. The van der Waals surface area contributed by atoms with E-state index in [1.807, 2.05) is 13.0 Å². The summed E-state index contributed by atoms with van der Waals surface area (Å²) in [6.07, 6.45) is 5.37. The molecule has 1 fully saturated rings. The maximum atomic E-state index is 13.1. The number of nitrogens with zero attached hydrogens (tertiary/aromatic N) is 3. The van der Waals surface area contributed by atoms with Crippen molar-refractivity contribution in [1.29, 1.82) is 0 Å². The molecule has 1 atom stereocenters. The van der Waals surface area contributed by atoms with Gasteiger partial charge in [0.1, 0.15) is 12.1 Å². The molecule has 0 aliphatic carbocycles. The van der Waals surface area contributed by atoms with Crippen LogP contribution in [0.5, 0.6) is 0 Å². The lowest BCUT2D eigenvalue weighted by Gasteiger charge is -2.25. The summed E-state index contributed by atoms with van der Waals surface area (Å²) >= 11 is 6.32. The van der Waals surface area contributed by atoms with Gasteiger partial charge in [-0.05, 0) is 30.2 Å². The van der Waals surface area contributed by atoms with Gasteiger partial charge in [0.05, 0.1) is 17.0 Å². The first kappa shape index (κ1) is 20.6. The van der Waals surface area contributed by atoms with Gasteiger partial charge in [0.2, 0.25) is 5.91 Å². The number of amides is 4. The predicted octanol–water partition coefficient (Wildman–Crippen LogP) is 3.32. The summed E-state index contributed by atoms with van der Waals surface area (Å²) in [7, 11) is 0. The lowest BCUT2D eigenvalue weighted by Crippen LogP contribution is -2.44. The number of benzene rings is 2. The Morgan fingerprint density at radius 2 is 1.97 bits per heavy atom. The molecule has 0 radical (unpaired) electrons. The van der Waals surface area contributed by atoms with Crippen molar-refractivity contribution in [2.45, 2.75) is 18.9 Å². The van der Waals surface area contributed by atoms with E-state index in [4.69, 9.17) is 11.6 Å². The van der Waals surface area contributed by atoms with Gasteiger partial charge >= 0.3 is 6.03 Å². The molecule has 1 aliphatic rings. The molecule has 31 heavy (non-hydrogen) atoms. The van der Waals surface area contributed by atoms with Gasteiger partial charge < -0.3 is 15.2 Å². The fourth-order valence-corrected chi connectivity index (χ4v) is 3.95. The van der Waals surface area contributed by atoms with Crippen molar-refractivity contribution < 1.29 is 14.4 Å².